The van der Waals surface area contributed by atoms with Gasteiger partial charge in [0.05, 0.1) is 6.54 Å². The van der Waals surface area contributed by atoms with Crippen LogP contribution in [0.15, 0.2) is 24.3 Å². The lowest BCUT2D eigenvalue weighted by molar-refractivity contribution is -0.126. The highest BCUT2D eigenvalue weighted by atomic mass is 35.5. The predicted molar refractivity (Wildman–Crippen MR) is 96.4 cm³/mol. The van der Waals surface area contributed by atoms with Crippen LogP contribution in [0.25, 0.3) is 0 Å². The number of hydrogen-bond acceptors (Lipinski definition) is 3. The van der Waals surface area contributed by atoms with Gasteiger partial charge in [0.2, 0.25) is 5.91 Å². The summed E-state index contributed by atoms with van der Waals surface area (Å²) in [4.78, 5) is 12.0. The Bertz CT molecular complexity index is 510. The number of carbonyl (C=O) groups is 1. The SMILES string of the molecule is CC(C(=O)NCCOc1ccccc1C(C)(C)C)C1CNC1.Cl. The van der Waals surface area contributed by atoms with E-state index in [1.807, 2.05) is 25.1 Å². The van der Waals surface area contributed by atoms with Gasteiger partial charge in [-0.15, -0.1) is 12.4 Å². The van der Waals surface area contributed by atoms with Gasteiger partial charge in [0.1, 0.15) is 12.4 Å². The molecule has 2 rings (SSSR count). The third-order valence-electron chi connectivity index (χ3n) is 4.29. The third kappa shape index (κ3) is 5.40. The summed E-state index contributed by atoms with van der Waals surface area (Å²) in [6.45, 7) is 11.4. The van der Waals surface area contributed by atoms with Gasteiger partial charge >= 0.3 is 0 Å². The van der Waals surface area contributed by atoms with E-state index in [4.69, 9.17) is 4.74 Å². The third-order valence-corrected chi connectivity index (χ3v) is 4.29. The molecule has 1 heterocycles. The van der Waals surface area contributed by atoms with Gasteiger partial charge in [0.25, 0.3) is 0 Å². The normalized spacial score (nSPS) is 16.0. The zero-order valence-corrected chi connectivity index (χ0v) is 15.3. The van der Waals surface area contributed by atoms with Gasteiger partial charge in [-0.3, -0.25) is 4.79 Å². The van der Waals surface area contributed by atoms with Crippen molar-refractivity contribution in [2.75, 3.05) is 26.2 Å². The maximum Gasteiger partial charge on any atom is 0.223 e. The molecular weight excluding hydrogens is 312 g/mol. The lowest BCUT2D eigenvalue weighted by Gasteiger charge is -2.31. The van der Waals surface area contributed by atoms with E-state index >= 15 is 0 Å². The fourth-order valence-electron chi connectivity index (χ4n) is 2.59. The number of halogens is 1. The molecule has 0 radical (unpaired) electrons. The number of ether oxygens (including phenoxy) is 1. The molecule has 1 aliphatic heterocycles. The molecule has 0 saturated carbocycles. The Kier molecular flexibility index (Phi) is 7.36. The van der Waals surface area contributed by atoms with Gasteiger partial charge < -0.3 is 15.4 Å². The van der Waals surface area contributed by atoms with Crippen LogP contribution in [-0.2, 0) is 10.2 Å². The van der Waals surface area contributed by atoms with Crippen LogP contribution < -0.4 is 15.4 Å². The summed E-state index contributed by atoms with van der Waals surface area (Å²) in [5, 5.41) is 6.17. The Hall–Kier alpha value is -1.26. The van der Waals surface area contributed by atoms with Crippen molar-refractivity contribution >= 4 is 18.3 Å². The number of para-hydroxylation sites is 1. The van der Waals surface area contributed by atoms with Gasteiger partial charge in [0, 0.05) is 5.92 Å². The average molecular weight is 341 g/mol. The molecule has 23 heavy (non-hydrogen) atoms. The van der Waals surface area contributed by atoms with Gasteiger partial charge in [-0.25, -0.2) is 0 Å². The lowest BCUT2D eigenvalue weighted by Crippen LogP contribution is -2.50. The zero-order valence-electron chi connectivity index (χ0n) is 14.5. The van der Waals surface area contributed by atoms with E-state index in [-0.39, 0.29) is 29.6 Å². The molecule has 1 fully saturated rings. The highest BCUT2D eigenvalue weighted by Crippen LogP contribution is 2.30. The molecule has 1 atom stereocenters. The molecule has 1 amide bonds. The highest BCUT2D eigenvalue weighted by molar-refractivity contribution is 5.85. The number of benzene rings is 1. The average Bonchev–Trinajstić information content (AvgIpc) is 2.40. The maximum absolute atomic E-state index is 12.0. The lowest BCUT2D eigenvalue weighted by atomic mass is 9.86. The van der Waals surface area contributed by atoms with Crippen molar-refractivity contribution in [3.8, 4) is 5.75 Å². The summed E-state index contributed by atoms with van der Waals surface area (Å²) in [5.41, 5.74) is 1.24. The topological polar surface area (TPSA) is 50.4 Å². The summed E-state index contributed by atoms with van der Waals surface area (Å²) < 4.78 is 5.87. The Labute approximate surface area is 145 Å². The molecule has 1 unspecified atom stereocenters. The van der Waals surface area contributed by atoms with Crippen LogP contribution in [0.2, 0.25) is 0 Å². The van der Waals surface area contributed by atoms with Crippen molar-refractivity contribution in [2.45, 2.75) is 33.1 Å². The molecule has 1 aliphatic rings. The molecule has 0 aromatic heterocycles. The fraction of sp³-hybridized carbons (Fsp3) is 0.611. The molecule has 1 aromatic carbocycles. The summed E-state index contributed by atoms with van der Waals surface area (Å²) in [6.07, 6.45) is 0. The van der Waals surface area contributed by atoms with Crippen molar-refractivity contribution in [1.29, 1.82) is 0 Å². The van der Waals surface area contributed by atoms with Crippen LogP contribution in [-0.4, -0.2) is 32.1 Å². The van der Waals surface area contributed by atoms with Crippen LogP contribution in [0, 0.1) is 11.8 Å². The van der Waals surface area contributed by atoms with E-state index in [0.29, 0.717) is 19.1 Å². The van der Waals surface area contributed by atoms with Gasteiger partial charge in [-0.1, -0.05) is 45.9 Å². The molecule has 5 heteroatoms. The first kappa shape index (κ1) is 19.8. The van der Waals surface area contributed by atoms with Crippen LogP contribution in [0.1, 0.15) is 33.3 Å². The monoisotopic (exact) mass is 340 g/mol. The minimum absolute atomic E-state index is 0. The Balaban J connectivity index is 0.00000264. The van der Waals surface area contributed by atoms with E-state index in [1.165, 1.54) is 5.56 Å². The van der Waals surface area contributed by atoms with E-state index in [0.717, 1.165) is 18.8 Å². The molecular formula is C18H29ClN2O2. The highest BCUT2D eigenvalue weighted by Gasteiger charge is 2.28. The van der Waals surface area contributed by atoms with Gasteiger partial charge in [0.15, 0.2) is 0 Å². The Morgan fingerprint density at radius 1 is 1.35 bits per heavy atom. The molecule has 2 N–H and O–H groups in total. The maximum atomic E-state index is 12.0. The Morgan fingerprint density at radius 2 is 2.00 bits per heavy atom. The summed E-state index contributed by atoms with van der Waals surface area (Å²) >= 11 is 0. The van der Waals surface area contributed by atoms with Gasteiger partial charge in [-0.05, 0) is 36.1 Å². The van der Waals surface area contributed by atoms with Crippen LogP contribution in [0.4, 0.5) is 0 Å². The van der Waals surface area contributed by atoms with Gasteiger partial charge in [-0.2, -0.15) is 0 Å². The van der Waals surface area contributed by atoms with Crippen LogP contribution in [0.5, 0.6) is 5.75 Å². The first-order valence-corrected chi connectivity index (χ1v) is 8.10. The molecule has 1 aromatic rings. The van der Waals surface area contributed by atoms with Crippen molar-refractivity contribution in [3.05, 3.63) is 29.8 Å². The van der Waals surface area contributed by atoms with Crippen LogP contribution in [0.3, 0.4) is 0 Å². The number of nitrogens with one attached hydrogen (secondary N) is 2. The number of rotatable bonds is 6. The fourth-order valence-corrected chi connectivity index (χ4v) is 2.59. The van der Waals surface area contributed by atoms with E-state index in [2.05, 4.69) is 37.5 Å². The largest absolute Gasteiger partial charge is 0.491 e. The predicted octanol–water partition coefficient (Wildman–Crippen LogP) is 2.76. The smallest absolute Gasteiger partial charge is 0.223 e. The molecule has 130 valence electrons. The molecule has 0 bridgehead atoms. The van der Waals surface area contributed by atoms with E-state index < -0.39 is 0 Å². The number of carbonyl (C=O) groups excluding carboxylic acids is 1. The molecule has 4 nitrogen and oxygen atoms in total. The van der Waals surface area contributed by atoms with Crippen molar-refractivity contribution in [3.63, 3.8) is 0 Å². The molecule has 0 spiro atoms. The van der Waals surface area contributed by atoms with Crippen LogP contribution >= 0.6 is 12.4 Å². The second-order valence-electron chi connectivity index (χ2n) is 7.09. The minimum atomic E-state index is 0. The molecule has 1 saturated heterocycles. The minimum Gasteiger partial charge on any atom is -0.491 e. The quantitative estimate of drug-likeness (QED) is 0.783. The van der Waals surface area contributed by atoms with Crippen molar-refractivity contribution in [2.24, 2.45) is 11.8 Å². The summed E-state index contributed by atoms with van der Waals surface area (Å²) in [6, 6.07) is 8.10. The summed E-state index contributed by atoms with van der Waals surface area (Å²) in [7, 11) is 0. The second-order valence-corrected chi connectivity index (χ2v) is 7.09. The number of hydrogen-bond donors (Lipinski definition) is 2. The van der Waals surface area contributed by atoms with E-state index in [9.17, 15) is 4.79 Å². The van der Waals surface area contributed by atoms with Crippen molar-refractivity contribution < 1.29 is 9.53 Å². The first-order chi connectivity index (χ1) is 10.4. The second kappa shape index (κ2) is 8.55. The standard InChI is InChI=1S/C18H28N2O2.ClH/c1-13(14-11-19-12-14)17(21)20-9-10-22-16-8-6-5-7-15(16)18(2,3)4;/h5-8,13-14,19H,9-12H2,1-4H3,(H,20,21);1H. The number of amides is 1. The Morgan fingerprint density at radius 3 is 2.57 bits per heavy atom. The van der Waals surface area contributed by atoms with Crippen molar-refractivity contribution in [1.82, 2.24) is 10.6 Å². The zero-order chi connectivity index (χ0) is 16.2. The summed E-state index contributed by atoms with van der Waals surface area (Å²) in [5.74, 6) is 1.57. The molecule has 0 aliphatic carbocycles. The van der Waals surface area contributed by atoms with E-state index in [1.54, 1.807) is 0 Å². The first-order valence-electron chi connectivity index (χ1n) is 8.10.